The van der Waals surface area contributed by atoms with Gasteiger partial charge in [0, 0.05) is 19.0 Å². The van der Waals surface area contributed by atoms with E-state index in [-0.39, 0.29) is 12.6 Å². The molecule has 1 aliphatic carbocycles. The Bertz CT molecular complexity index is 457. The maximum atomic E-state index is 11.9. The highest BCUT2D eigenvalue weighted by Gasteiger charge is 2.44. The Labute approximate surface area is 115 Å². The Kier molecular flexibility index (Phi) is 4.04. The minimum atomic E-state index is -0.818. The third-order valence-corrected chi connectivity index (χ3v) is 4.21. The molecule has 2 amide bonds. The zero-order valence-corrected chi connectivity index (χ0v) is 11.6. The summed E-state index contributed by atoms with van der Waals surface area (Å²) in [5, 5.41) is 13.8. The fourth-order valence-corrected chi connectivity index (χ4v) is 2.63. The van der Waals surface area contributed by atoms with E-state index < -0.39 is 11.4 Å². The summed E-state index contributed by atoms with van der Waals surface area (Å²) in [6.07, 6.45) is 2.19. The molecule has 1 aromatic rings. The van der Waals surface area contributed by atoms with Crippen molar-refractivity contribution >= 4 is 23.3 Å². The van der Waals surface area contributed by atoms with E-state index >= 15 is 0 Å². The number of carboxylic acids is 1. The summed E-state index contributed by atoms with van der Waals surface area (Å²) in [5.41, 5.74) is 1.80. The molecular weight excluding hydrogens is 266 g/mol. The molecule has 2 rings (SSSR count). The van der Waals surface area contributed by atoms with Crippen molar-refractivity contribution in [2.75, 3.05) is 13.6 Å². The molecule has 1 fully saturated rings. The lowest BCUT2D eigenvalue weighted by atomic mass is 9.69. The molecule has 0 unspecified atom stereocenters. The number of amides is 2. The fraction of sp³-hybridized carbons (Fsp3) is 0.583. The molecule has 6 nitrogen and oxygen atoms in total. The van der Waals surface area contributed by atoms with Crippen LogP contribution in [0.1, 0.15) is 25.0 Å². The first-order chi connectivity index (χ1) is 9.03. The average Bonchev–Trinajstić information content (AvgIpc) is 2.79. The molecule has 7 heteroatoms. The number of nitrogens with one attached hydrogen (secondary N) is 1. The molecular formula is C12H17N3O3S. The standard InChI is InChI=1S/C12H17N3O3S/c1-15(5-9-6-19-8-14-9)11(18)13-7-12(10(16)17)3-2-4-12/h6,8H,2-5,7H2,1H3,(H,13,18)(H,16,17). The van der Waals surface area contributed by atoms with Crippen LogP contribution < -0.4 is 5.32 Å². The van der Waals surface area contributed by atoms with Gasteiger partial charge in [-0.2, -0.15) is 0 Å². The minimum Gasteiger partial charge on any atom is -0.481 e. The second-order valence-corrected chi connectivity index (χ2v) is 5.65. The van der Waals surface area contributed by atoms with E-state index in [2.05, 4.69) is 10.3 Å². The molecule has 1 heterocycles. The van der Waals surface area contributed by atoms with Gasteiger partial charge in [0.25, 0.3) is 0 Å². The van der Waals surface area contributed by atoms with Crippen molar-refractivity contribution in [2.45, 2.75) is 25.8 Å². The van der Waals surface area contributed by atoms with Gasteiger partial charge in [0.2, 0.25) is 0 Å². The topological polar surface area (TPSA) is 82.5 Å². The number of carboxylic acid groups (broad SMARTS) is 1. The number of hydrogen-bond donors (Lipinski definition) is 2. The number of aliphatic carboxylic acids is 1. The van der Waals surface area contributed by atoms with E-state index in [1.807, 2.05) is 5.38 Å². The van der Waals surface area contributed by atoms with Crippen LogP contribution in [0.25, 0.3) is 0 Å². The molecule has 0 aliphatic heterocycles. The summed E-state index contributed by atoms with van der Waals surface area (Å²) >= 11 is 1.48. The molecule has 19 heavy (non-hydrogen) atoms. The Morgan fingerprint density at radius 3 is 2.79 bits per heavy atom. The van der Waals surface area contributed by atoms with Gasteiger partial charge in [-0.3, -0.25) is 4.79 Å². The van der Waals surface area contributed by atoms with Gasteiger partial charge < -0.3 is 15.3 Å². The van der Waals surface area contributed by atoms with E-state index in [1.54, 1.807) is 12.6 Å². The number of carbonyl (C=O) groups is 2. The molecule has 1 saturated carbocycles. The number of carbonyl (C=O) groups excluding carboxylic acids is 1. The summed E-state index contributed by atoms with van der Waals surface area (Å²) in [6.45, 7) is 0.623. The Morgan fingerprint density at radius 2 is 2.32 bits per heavy atom. The van der Waals surface area contributed by atoms with Crippen molar-refractivity contribution in [3.05, 3.63) is 16.6 Å². The monoisotopic (exact) mass is 283 g/mol. The van der Waals surface area contributed by atoms with Gasteiger partial charge in [0.1, 0.15) is 0 Å². The first kappa shape index (κ1) is 13.8. The van der Waals surface area contributed by atoms with Crippen molar-refractivity contribution in [2.24, 2.45) is 5.41 Å². The lowest BCUT2D eigenvalue weighted by Gasteiger charge is -2.37. The maximum Gasteiger partial charge on any atom is 0.317 e. The molecule has 0 atom stereocenters. The number of urea groups is 1. The van der Waals surface area contributed by atoms with E-state index in [1.165, 1.54) is 16.2 Å². The maximum absolute atomic E-state index is 11.9. The lowest BCUT2D eigenvalue weighted by molar-refractivity contribution is -0.153. The third kappa shape index (κ3) is 3.04. The van der Waals surface area contributed by atoms with Gasteiger partial charge in [0.15, 0.2) is 0 Å². The molecule has 104 valence electrons. The van der Waals surface area contributed by atoms with Crippen LogP contribution in [-0.2, 0) is 11.3 Å². The normalized spacial score (nSPS) is 16.5. The molecule has 0 saturated heterocycles. The predicted molar refractivity (Wildman–Crippen MR) is 70.9 cm³/mol. The molecule has 1 aliphatic rings. The van der Waals surface area contributed by atoms with E-state index in [0.29, 0.717) is 19.4 Å². The van der Waals surface area contributed by atoms with Crippen LogP contribution in [0.2, 0.25) is 0 Å². The van der Waals surface area contributed by atoms with Gasteiger partial charge in [-0.25, -0.2) is 9.78 Å². The van der Waals surface area contributed by atoms with Crippen molar-refractivity contribution in [1.82, 2.24) is 15.2 Å². The zero-order chi connectivity index (χ0) is 13.9. The number of rotatable bonds is 5. The Hall–Kier alpha value is -1.63. The van der Waals surface area contributed by atoms with E-state index in [0.717, 1.165) is 12.1 Å². The fourth-order valence-electron chi connectivity index (χ4n) is 2.08. The highest BCUT2D eigenvalue weighted by Crippen LogP contribution is 2.40. The minimum absolute atomic E-state index is 0.197. The highest BCUT2D eigenvalue weighted by molar-refractivity contribution is 7.07. The number of hydrogen-bond acceptors (Lipinski definition) is 4. The quantitative estimate of drug-likeness (QED) is 0.858. The van der Waals surface area contributed by atoms with Crippen molar-refractivity contribution in [1.29, 1.82) is 0 Å². The number of thiazole rings is 1. The predicted octanol–water partition coefficient (Wildman–Crippen LogP) is 1.54. The van der Waals surface area contributed by atoms with Crippen LogP contribution in [0, 0.1) is 5.41 Å². The average molecular weight is 283 g/mol. The van der Waals surface area contributed by atoms with Crippen LogP contribution in [-0.4, -0.2) is 40.6 Å². The summed E-state index contributed by atoms with van der Waals surface area (Å²) in [7, 11) is 1.67. The van der Waals surface area contributed by atoms with Crippen LogP contribution in [0.15, 0.2) is 10.9 Å². The second kappa shape index (κ2) is 5.56. The largest absolute Gasteiger partial charge is 0.481 e. The summed E-state index contributed by atoms with van der Waals surface area (Å²) in [6, 6.07) is -0.263. The summed E-state index contributed by atoms with van der Waals surface area (Å²) in [5.74, 6) is -0.818. The SMILES string of the molecule is CN(Cc1cscn1)C(=O)NCC1(C(=O)O)CCC1. The van der Waals surface area contributed by atoms with Gasteiger partial charge >= 0.3 is 12.0 Å². The molecule has 0 spiro atoms. The molecule has 1 aromatic heterocycles. The second-order valence-electron chi connectivity index (χ2n) is 4.93. The van der Waals surface area contributed by atoms with E-state index in [4.69, 9.17) is 5.11 Å². The van der Waals surface area contributed by atoms with Gasteiger partial charge in [-0.05, 0) is 12.8 Å². The van der Waals surface area contributed by atoms with Gasteiger partial charge in [-0.15, -0.1) is 11.3 Å². The van der Waals surface area contributed by atoms with Crippen LogP contribution in [0.5, 0.6) is 0 Å². The third-order valence-electron chi connectivity index (χ3n) is 3.57. The summed E-state index contributed by atoms with van der Waals surface area (Å²) < 4.78 is 0. The molecule has 0 radical (unpaired) electrons. The van der Waals surface area contributed by atoms with Crippen molar-refractivity contribution in [3.63, 3.8) is 0 Å². The van der Waals surface area contributed by atoms with E-state index in [9.17, 15) is 9.59 Å². The zero-order valence-electron chi connectivity index (χ0n) is 10.8. The van der Waals surface area contributed by atoms with Gasteiger partial charge in [0.05, 0.1) is 23.2 Å². The van der Waals surface area contributed by atoms with Crippen LogP contribution in [0.4, 0.5) is 4.79 Å². The summed E-state index contributed by atoms with van der Waals surface area (Å²) in [4.78, 5) is 28.7. The Morgan fingerprint density at radius 1 is 1.58 bits per heavy atom. The first-order valence-corrected chi connectivity index (χ1v) is 7.07. The lowest BCUT2D eigenvalue weighted by Crippen LogP contribution is -2.49. The number of aromatic nitrogens is 1. The molecule has 0 bridgehead atoms. The van der Waals surface area contributed by atoms with Gasteiger partial charge in [-0.1, -0.05) is 6.42 Å². The van der Waals surface area contributed by atoms with Crippen LogP contribution in [0.3, 0.4) is 0 Å². The van der Waals surface area contributed by atoms with Crippen molar-refractivity contribution in [3.8, 4) is 0 Å². The van der Waals surface area contributed by atoms with Crippen molar-refractivity contribution < 1.29 is 14.7 Å². The number of nitrogens with zero attached hydrogens (tertiary/aromatic N) is 2. The van der Waals surface area contributed by atoms with Crippen LogP contribution >= 0.6 is 11.3 Å². The molecule has 2 N–H and O–H groups in total. The molecule has 0 aromatic carbocycles. The smallest absolute Gasteiger partial charge is 0.317 e. The first-order valence-electron chi connectivity index (χ1n) is 6.13. The Balaban J connectivity index is 1.82. The highest BCUT2D eigenvalue weighted by atomic mass is 32.1.